The molecule has 0 saturated heterocycles. The van der Waals surface area contributed by atoms with Gasteiger partial charge in [0.15, 0.2) is 5.65 Å². The lowest BCUT2D eigenvalue weighted by Gasteiger charge is -2.07. The minimum atomic E-state index is 0.285. The normalized spacial score (nSPS) is 10.5. The molecule has 2 aromatic heterocycles. The van der Waals surface area contributed by atoms with Gasteiger partial charge < -0.3 is 0 Å². The lowest BCUT2D eigenvalue weighted by atomic mass is 10.2. The van der Waals surface area contributed by atoms with Crippen molar-refractivity contribution in [3.8, 4) is 11.8 Å². The van der Waals surface area contributed by atoms with E-state index in [-0.39, 0.29) is 5.88 Å². The van der Waals surface area contributed by atoms with Crippen LogP contribution in [0, 0.1) is 11.3 Å². The molecule has 0 aliphatic heterocycles. The highest BCUT2D eigenvalue weighted by Crippen LogP contribution is 2.21. The SMILES string of the molecule is N#Cc1cccc(-n2c(CCl)nc3cccnc32)c1. The van der Waals surface area contributed by atoms with Gasteiger partial charge in [-0.2, -0.15) is 5.26 Å². The second kappa shape index (κ2) is 4.71. The second-order valence-corrected chi connectivity index (χ2v) is 4.27. The largest absolute Gasteiger partial charge is 0.280 e. The van der Waals surface area contributed by atoms with Crippen molar-refractivity contribution in [1.29, 1.82) is 5.26 Å². The first kappa shape index (κ1) is 11.7. The second-order valence-electron chi connectivity index (χ2n) is 4.01. The van der Waals surface area contributed by atoms with E-state index < -0.39 is 0 Å². The van der Waals surface area contributed by atoms with Crippen molar-refractivity contribution in [2.24, 2.45) is 0 Å². The number of aromatic nitrogens is 3. The van der Waals surface area contributed by atoms with Crippen molar-refractivity contribution >= 4 is 22.8 Å². The van der Waals surface area contributed by atoms with E-state index in [1.807, 2.05) is 28.8 Å². The van der Waals surface area contributed by atoms with Crippen molar-refractivity contribution in [3.05, 3.63) is 54.0 Å². The highest BCUT2D eigenvalue weighted by atomic mass is 35.5. The third kappa shape index (κ3) is 1.94. The third-order valence-electron chi connectivity index (χ3n) is 2.84. The molecule has 0 N–H and O–H groups in total. The molecule has 0 atom stereocenters. The molecule has 0 bridgehead atoms. The van der Waals surface area contributed by atoms with Gasteiger partial charge in [-0.15, -0.1) is 11.6 Å². The summed E-state index contributed by atoms with van der Waals surface area (Å²) in [5.74, 6) is 0.998. The fourth-order valence-electron chi connectivity index (χ4n) is 2.03. The Morgan fingerprint density at radius 2 is 2.16 bits per heavy atom. The fourth-order valence-corrected chi connectivity index (χ4v) is 2.21. The summed E-state index contributed by atoms with van der Waals surface area (Å²) in [6.07, 6.45) is 1.71. The van der Waals surface area contributed by atoms with Crippen molar-refractivity contribution in [1.82, 2.24) is 14.5 Å². The number of imidazole rings is 1. The molecule has 92 valence electrons. The summed E-state index contributed by atoms with van der Waals surface area (Å²) in [5, 5.41) is 8.98. The zero-order chi connectivity index (χ0) is 13.2. The number of hydrogen-bond donors (Lipinski definition) is 0. The Labute approximate surface area is 114 Å². The molecule has 19 heavy (non-hydrogen) atoms. The molecule has 4 nitrogen and oxygen atoms in total. The fraction of sp³-hybridized carbons (Fsp3) is 0.0714. The van der Waals surface area contributed by atoms with Gasteiger partial charge in [-0.05, 0) is 30.3 Å². The van der Waals surface area contributed by atoms with Crippen molar-refractivity contribution in [3.63, 3.8) is 0 Å². The van der Waals surface area contributed by atoms with E-state index in [0.717, 1.165) is 16.9 Å². The molecule has 2 heterocycles. The van der Waals surface area contributed by atoms with Crippen molar-refractivity contribution in [2.45, 2.75) is 5.88 Å². The van der Waals surface area contributed by atoms with Gasteiger partial charge >= 0.3 is 0 Å². The average molecular weight is 269 g/mol. The van der Waals surface area contributed by atoms with Crippen LogP contribution in [0.25, 0.3) is 16.9 Å². The molecule has 1 aromatic carbocycles. The predicted molar refractivity (Wildman–Crippen MR) is 73.1 cm³/mol. The van der Waals surface area contributed by atoms with Crippen LogP contribution in [0.4, 0.5) is 0 Å². The molecule has 0 spiro atoms. The van der Waals surface area contributed by atoms with Gasteiger partial charge in [-0.1, -0.05) is 6.07 Å². The lowest BCUT2D eigenvalue weighted by Crippen LogP contribution is -2.00. The Kier molecular flexibility index (Phi) is 2.90. The van der Waals surface area contributed by atoms with Crippen LogP contribution in [0.2, 0.25) is 0 Å². The smallest absolute Gasteiger partial charge is 0.164 e. The van der Waals surface area contributed by atoms with E-state index in [2.05, 4.69) is 16.0 Å². The highest BCUT2D eigenvalue weighted by molar-refractivity contribution is 6.16. The Morgan fingerprint density at radius 3 is 2.95 bits per heavy atom. The van der Waals surface area contributed by atoms with Crippen LogP contribution in [0.5, 0.6) is 0 Å². The highest BCUT2D eigenvalue weighted by Gasteiger charge is 2.12. The minimum absolute atomic E-state index is 0.285. The molecule has 0 unspecified atom stereocenters. The molecule has 0 amide bonds. The number of alkyl halides is 1. The molecular weight excluding hydrogens is 260 g/mol. The Bertz CT molecular complexity index is 785. The third-order valence-corrected chi connectivity index (χ3v) is 3.08. The number of nitriles is 1. The van der Waals surface area contributed by atoms with E-state index in [4.69, 9.17) is 16.9 Å². The number of rotatable bonds is 2. The zero-order valence-electron chi connectivity index (χ0n) is 9.92. The number of halogens is 1. The molecule has 5 heteroatoms. The number of hydrogen-bond acceptors (Lipinski definition) is 3. The van der Waals surface area contributed by atoms with E-state index in [1.54, 1.807) is 18.3 Å². The zero-order valence-corrected chi connectivity index (χ0v) is 10.7. The Balaban J connectivity index is 2.31. The maximum absolute atomic E-state index is 8.98. The van der Waals surface area contributed by atoms with E-state index in [1.165, 1.54) is 0 Å². The van der Waals surface area contributed by atoms with E-state index in [9.17, 15) is 0 Å². The summed E-state index contributed by atoms with van der Waals surface area (Å²) in [4.78, 5) is 8.79. The number of benzene rings is 1. The maximum Gasteiger partial charge on any atom is 0.164 e. The number of pyridine rings is 1. The number of nitrogens with zero attached hydrogens (tertiary/aromatic N) is 4. The first-order valence-corrected chi connectivity index (χ1v) is 6.26. The Hall–Kier alpha value is -2.38. The van der Waals surface area contributed by atoms with E-state index in [0.29, 0.717) is 11.4 Å². The monoisotopic (exact) mass is 268 g/mol. The van der Waals surface area contributed by atoms with Gasteiger partial charge in [0.25, 0.3) is 0 Å². The summed E-state index contributed by atoms with van der Waals surface area (Å²) >= 11 is 5.95. The summed E-state index contributed by atoms with van der Waals surface area (Å²) in [7, 11) is 0. The average Bonchev–Trinajstić information content (AvgIpc) is 2.85. The van der Waals surface area contributed by atoms with Gasteiger partial charge in [-0.25, -0.2) is 9.97 Å². The summed E-state index contributed by atoms with van der Waals surface area (Å²) in [5.41, 5.74) is 2.97. The maximum atomic E-state index is 8.98. The standard InChI is InChI=1S/C14H9ClN4/c15-8-13-18-12-5-2-6-17-14(12)19(13)11-4-1-3-10(7-11)9-16/h1-7H,8H2. The summed E-state index contributed by atoms with van der Waals surface area (Å²) in [6, 6.07) is 13.2. The summed E-state index contributed by atoms with van der Waals surface area (Å²) < 4.78 is 1.88. The van der Waals surface area contributed by atoms with Crippen LogP contribution in [-0.2, 0) is 5.88 Å². The molecule has 3 rings (SSSR count). The van der Waals surface area contributed by atoms with Crippen LogP contribution in [0.1, 0.15) is 11.4 Å². The van der Waals surface area contributed by atoms with Gasteiger partial charge in [0.05, 0.1) is 23.2 Å². The van der Waals surface area contributed by atoms with Crippen LogP contribution in [0.3, 0.4) is 0 Å². The topological polar surface area (TPSA) is 54.5 Å². The molecular formula is C14H9ClN4. The van der Waals surface area contributed by atoms with Crippen LogP contribution >= 0.6 is 11.6 Å². The van der Waals surface area contributed by atoms with Crippen molar-refractivity contribution in [2.75, 3.05) is 0 Å². The first-order chi connectivity index (χ1) is 9.33. The summed E-state index contributed by atoms with van der Waals surface area (Å²) in [6.45, 7) is 0. The minimum Gasteiger partial charge on any atom is -0.280 e. The molecule has 0 aliphatic rings. The molecule has 0 fully saturated rings. The first-order valence-electron chi connectivity index (χ1n) is 5.72. The predicted octanol–water partition coefficient (Wildman–Crippen LogP) is 3.03. The van der Waals surface area contributed by atoms with Gasteiger partial charge in [0.2, 0.25) is 0 Å². The molecule has 0 saturated carbocycles. The lowest BCUT2D eigenvalue weighted by molar-refractivity contribution is 0.969. The van der Waals surface area contributed by atoms with Gasteiger partial charge in [0.1, 0.15) is 11.3 Å². The molecule has 3 aromatic rings. The molecule has 0 aliphatic carbocycles. The Morgan fingerprint density at radius 1 is 1.26 bits per heavy atom. The van der Waals surface area contributed by atoms with E-state index >= 15 is 0 Å². The quantitative estimate of drug-likeness (QED) is 0.671. The molecule has 0 radical (unpaired) electrons. The van der Waals surface area contributed by atoms with Gasteiger partial charge in [-0.3, -0.25) is 4.57 Å². The van der Waals surface area contributed by atoms with Gasteiger partial charge in [0, 0.05) is 6.20 Å². The number of fused-ring (bicyclic) bond motifs is 1. The van der Waals surface area contributed by atoms with Crippen LogP contribution in [-0.4, -0.2) is 14.5 Å². The van der Waals surface area contributed by atoms with Crippen LogP contribution in [0.15, 0.2) is 42.6 Å². The van der Waals surface area contributed by atoms with Crippen LogP contribution < -0.4 is 0 Å². The van der Waals surface area contributed by atoms with Crippen molar-refractivity contribution < 1.29 is 0 Å².